The monoisotopic (exact) mass is 575 g/mol. The number of ether oxygens (including phenoxy) is 1. The molecule has 0 radical (unpaired) electrons. The first-order chi connectivity index (χ1) is 19.2. The lowest BCUT2D eigenvalue weighted by Crippen LogP contribution is -2.41. The number of nitrogens with zero attached hydrogens (tertiary/aromatic N) is 4. The van der Waals surface area contributed by atoms with Gasteiger partial charge in [0.1, 0.15) is 22.6 Å². The largest absolute Gasteiger partial charge is 0.493 e. The van der Waals surface area contributed by atoms with Gasteiger partial charge < -0.3 is 29.7 Å². The third-order valence-electron chi connectivity index (χ3n) is 7.40. The average Bonchev–Trinajstić information content (AvgIpc) is 3.22. The first-order valence-corrected chi connectivity index (χ1v) is 15.0. The van der Waals surface area contributed by atoms with Crippen molar-refractivity contribution in [1.82, 2.24) is 18.8 Å². The van der Waals surface area contributed by atoms with Gasteiger partial charge in [0.25, 0.3) is 5.56 Å². The molecule has 0 saturated carbocycles. The van der Waals surface area contributed by atoms with Gasteiger partial charge in [-0.25, -0.2) is 13.4 Å². The fraction of sp³-hybridized carbons (Fsp3) is 0.519. The first kappa shape index (κ1) is 29.7. The highest BCUT2D eigenvalue weighted by atomic mass is 32.2. The number of oxime groups is 1. The summed E-state index contributed by atoms with van der Waals surface area (Å²) in [5.74, 6) is 0.390. The summed E-state index contributed by atoms with van der Waals surface area (Å²) in [6, 6.07) is 4.53. The summed E-state index contributed by atoms with van der Waals surface area (Å²) in [6.45, 7) is 4.40. The molecule has 12 nitrogen and oxygen atoms in total. The first-order valence-electron chi connectivity index (χ1n) is 13.5. The Morgan fingerprint density at radius 3 is 2.60 bits per heavy atom. The maximum atomic E-state index is 13.6. The summed E-state index contributed by atoms with van der Waals surface area (Å²) < 4.78 is 36.2. The number of hydrogen-bond donors (Lipinski definition) is 4. The summed E-state index contributed by atoms with van der Waals surface area (Å²) in [5, 5.41) is 31.6. The zero-order valence-corrected chi connectivity index (χ0v) is 23.8. The van der Waals surface area contributed by atoms with Crippen LogP contribution in [0.25, 0.3) is 22.4 Å². The highest BCUT2D eigenvalue weighted by Gasteiger charge is 2.32. The van der Waals surface area contributed by atoms with Gasteiger partial charge in [0.05, 0.1) is 41.7 Å². The van der Waals surface area contributed by atoms with Gasteiger partial charge in [0.2, 0.25) is 10.0 Å². The van der Waals surface area contributed by atoms with Crippen LogP contribution in [0.15, 0.2) is 33.0 Å². The number of rotatable bonds is 11. The highest BCUT2D eigenvalue weighted by molar-refractivity contribution is 7.89. The molecule has 1 atom stereocenters. The van der Waals surface area contributed by atoms with Crippen molar-refractivity contribution in [2.75, 3.05) is 26.3 Å². The Hall–Kier alpha value is -3.26. The predicted octanol–water partition coefficient (Wildman–Crippen LogP) is 2.23. The van der Waals surface area contributed by atoms with E-state index in [9.17, 15) is 28.6 Å². The second-order valence-electron chi connectivity index (χ2n) is 10.0. The number of aromatic amines is 1. The molecule has 40 heavy (non-hydrogen) atoms. The van der Waals surface area contributed by atoms with Crippen LogP contribution in [0, 0.1) is 5.92 Å². The zero-order chi connectivity index (χ0) is 29.0. The summed E-state index contributed by atoms with van der Waals surface area (Å²) in [6.07, 6.45) is 3.35. The molecule has 0 spiro atoms. The van der Waals surface area contributed by atoms with E-state index in [0.29, 0.717) is 53.9 Å². The molecule has 1 aliphatic rings. The van der Waals surface area contributed by atoms with Gasteiger partial charge in [-0.1, -0.05) is 25.4 Å². The van der Waals surface area contributed by atoms with Crippen molar-refractivity contribution in [3.05, 3.63) is 39.8 Å². The summed E-state index contributed by atoms with van der Waals surface area (Å²) >= 11 is 0. The number of aryl methyl sites for hydroxylation is 2. The fourth-order valence-electron chi connectivity index (χ4n) is 5.27. The third kappa shape index (κ3) is 5.64. The fourth-order valence-corrected chi connectivity index (χ4v) is 6.76. The van der Waals surface area contributed by atoms with E-state index in [1.165, 1.54) is 22.7 Å². The minimum Gasteiger partial charge on any atom is -0.493 e. The van der Waals surface area contributed by atoms with E-state index in [-0.39, 0.29) is 36.3 Å². The van der Waals surface area contributed by atoms with Gasteiger partial charge in [0, 0.05) is 25.7 Å². The third-order valence-corrected chi connectivity index (χ3v) is 9.30. The van der Waals surface area contributed by atoms with Crippen molar-refractivity contribution in [3.8, 4) is 17.1 Å². The lowest BCUT2D eigenvalue weighted by molar-refractivity contribution is 0.0278. The van der Waals surface area contributed by atoms with Crippen LogP contribution < -0.4 is 10.3 Å². The maximum Gasteiger partial charge on any atom is 0.275 e. The van der Waals surface area contributed by atoms with Crippen LogP contribution >= 0.6 is 0 Å². The number of piperidine rings is 1. The topological polar surface area (TPSA) is 170 Å². The minimum absolute atomic E-state index is 0.0326. The smallest absolute Gasteiger partial charge is 0.275 e. The predicted molar refractivity (Wildman–Crippen MR) is 151 cm³/mol. The molecule has 1 fully saturated rings. The number of aromatic nitrogens is 3. The molecule has 4 N–H and O–H groups in total. The van der Waals surface area contributed by atoms with Crippen molar-refractivity contribution in [3.63, 3.8) is 0 Å². The molecule has 0 unspecified atom stereocenters. The Morgan fingerprint density at radius 2 is 1.98 bits per heavy atom. The van der Waals surface area contributed by atoms with Crippen LogP contribution in [-0.2, 0) is 23.5 Å². The average molecular weight is 576 g/mol. The number of hydrogen-bond acceptors (Lipinski definition) is 9. The van der Waals surface area contributed by atoms with Crippen molar-refractivity contribution in [1.29, 1.82) is 0 Å². The summed E-state index contributed by atoms with van der Waals surface area (Å²) in [7, 11) is -2.21. The lowest BCUT2D eigenvalue weighted by atomic mass is 9.93. The van der Waals surface area contributed by atoms with Gasteiger partial charge in [-0.05, 0) is 49.8 Å². The number of aliphatic hydroxyl groups is 2. The molecule has 4 rings (SSSR count). The van der Waals surface area contributed by atoms with Crippen molar-refractivity contribution in [2.45, 2.75) is 57.0 Å². The van der Waals surface area contributed by atoms with E-state index in [1.807, 2.05) is 13.8 Å². The number of sulfonamides is 1. The molecule has 1 aromatic carbocycles. The molecule has 0 aliphatic carbocycles. The quantitative estimate of drug-likeness (QED) is 0.153. The van der Waals surface area contributed by atoms with E-state index in [4.69, 9.17) is 9.72 Å². The standard InChI is InChI=1S/C27H37N5O7S/c1-4-6-19-21(15-28-36)31(3)25-24(19)29-26(30-27(25)35)20-14-18(7-8-23(20)39-13-5-2)40(37,38)32-11-9-17(10-12-32)22(34)16-33/h7-8,14-15,17,22,33-34,36H,4-6,9-13,16H2,1-3H3,(H,29,30,35)/b28-15+/t22-/m1/s1. The molecule has 13 heteroatoms. The second kappa shape index (κ2) is 12.5. The Labute approximate surface area is 233 Å². The summed E-state index contributed by atoms with van der Waals surface area (Å²) in [4.78, 5) is 20.9. The van der Waals surface area contributed by atoms with Gasteiger partial charge >= 0.3 is 0 Å². The molecule has 3 heterocycles. The Bertz CT molecular complexity index is 1540. The normalized spacial score (nSPS) is 16.2. The number of fused-ring (bicyclic) bond motifs is 1. The molecule has 1 saturated heterocycles. The molecule has 0 amide bonds. The van der Waals surface area contributed by atoms with Crippen LogP contribution in [0.5, 0.6) is 5.75 Å². The second-order valence-corrected chi connectivity index (χ2v) is 12.0. The van der Waals surface area contributed by atoms with E-state index in [0.717, 1.165) is 18.4 Å². The van der Waals surface area contributed by atoms with Crippen LogP contribution in [0.3, 0.4) is 0 Å². The maximum absolute atomic E-state index is 13.6. The van der Waals surface area contributed by atoms with Crippen molar-refractivity contribution < 1.29 is 28.6 Å². The number of benzene rings is 1. The van der Waals surface area contributed by atoms with Crippen molar-refractivity contribution in [2.24, 2.45) is 18.1 Å². The van der Waals surface area contributed by atoms with Gasteiger partial charge in [-0.3, -0.25) is 4.79 Å². The molecular formula is C27H37N5O7S. The summed E-state index contributed by atoms with van der Waals surface area (Å²) in [5.41, 5.74) is 1.98. The Kier molecular flexibility index (Phi) is 9.29. The highest BCUT2D eigenvalue weighted by Crippen LogP contribution is 2.34. The van der Waals surface area contributed by atoms with E-state index >= 15 is 0 Å². The molecule has 3 aromatic rings. The van der Waals surface area contributed by atoms with Crippen LogP contribution in [0.4, 0.5) is 0 Å². The molecule has 1 aliphatic heterocycles. The Balaban J connectivity index is 1.82. The molecule has 218 valence electrons. The van der Waals surface area contributed by atoms with Gasteiger partial charge in [0.15, 0.2) is 0 Å². The number of aliphatic hydroxyl groups excluding tert-OH is 2. The van der Waals surface area contributed by atoms with Crippen molar-refractivity contribution >= 4 is 27.3 Å². The molecule has 0 bridgehead atoms. The lowest BCUT2D eigenvalue weighted by Gasteiger charge is -2.33. The number of nitrogens with one attached hydrogen (secondary N) is 1. The van der Waals surface area contributed by atoms with Crippen LogP contribution in [-0.4, -0.2) is 81.3 Å². The zero-order valence-electron chi connectivity index (χ0n) is 23.0. The van der Waals surface area contributed by atoms with E-state index in [1.54, 1.807) is 17.7 Å². The van der Waals surface area contributed by atoms with Gasteiger partial charge in [-0.15, -0.1) is 0 Å². The Morgan fingerprint density at radius 1 is 1.25 bits per heavy atom. The SMILES string of the molecule is CCCOc1ccc(S(=O)(=O)N2CCC([C@H](O)CO)CC2)cc1-c1nc2c(CCC)c(/C=N/O)n(C)c2c(=O)[nH]1. The molecular weight excluding hydrogens is 538 g/mol. The minimum atomic E-state index is -3.90. The number of H-pyrrole nitrogens is 1. The van der Waals surface area contributed by atoms with Crippen LogP contribution in [0.1, 0.15) is 50.8 Å². The molecule has 2 aromatic heterocycles. The van der Waals surface area contributed by atoms with E-state index < -0.39 is 21.7 Å². The van der Waals surface area contributed by atoms with E-state index in [2.05, 4.69) is 10.1 Å². The van der Waals surface area contributed by atoms with Gasteiger partial charge in [-0.2, -0.15) is 4.31 Å². The van der Waals surface area contributed by atoms with Crippen LogP contribution in [0.2, 0.25) is 0 Å².